The van der Waals surface area contributed by atoms with Gasteiger partial charge in [-0.05, 0) is 41.0 Å². The Labute approximate surface area is 294 Å². The van der Waals surface area contributed by atoms with Crippen molar-refractivity contribution in [2.45, 2.75) is 71.8 Å². The average molecular weight is 691 g/mol. The highest BCUT2D eigenvalue weighted by atomic mass is 16.5. The molecule has 0 saturated heterocycles. The summed E-state index contributed by atoms with van der Waals surface area (Å²) < 4.78 is 4.75. The number of likely N-dealkylation sites (N-methyl/N-ethyl adjacent to an activating group) is 1. The summed E-state index contributed by atoms with van der Waals surface area (Å²) in [6, 6.07) is 19.6. The highest BCUT2D eigenvalue weighted by Crippen LogP contribution is 2.21. The molecule has 0 aliphatic heterocycles. The smallest absolute Gasteiger partial charge is 0.407 e. The number of aromatic nitrogens is 1. The first-order valence-corrected chi connectivity index (χ1v) is 16.5. The van der Waals surface area contributed by atoms with Crippen LogP contribution in [0.25, 0.3) is 11.3 Å². The van der Waals surface area contributed by atoms with Crippen LogP contribution in [0, 0.1) is 11.3 Å². The van der Waals surface area contributed by atoms with Crippen molar-refractivity contribution in [1.29, 1.82) is 0 Å². The predicted octanol–water partition coefficient (Wildman–Crippen LogP) is 4.08. The van der Waals surface area contributed by atoms with Crippen LogP contribution in [-0.2, 0) is 27.3 Å². The summed E-state index contributed by atoms with van der Waals surface area (Å²) in [4.78, 5) is 56.7. The lowest BCUT2D eigenvalue weighted by molar-refractivity contribution is -0.133. The number of hydrogen-bond acceptors (Lipinski definition) is 8. The fourth-order valence-electron chi connectivity index (χ4n) is 5.57. The molecule has 3 aromatic rings. The molecule has 0 radical (unpaired) electrons. The summed E-state index contributed by atoms with van der Waals surface area (Å²) in [6.45, 7) is 8.89. The number of nitrogens with one attached hydrogen (secondary N) is 3. The van der Waals surface area contributed by atoms with Crippen LogP contribution in [0.5, 0.6) is 0 Å². The Hall–Kier alpha value is -5.01. The molecule has 0 bridgehead atoms. The molecule has 0 fully saturated rings. The largest absolute Gasteiger partial charge is 0.465 e. The number of rotatable bonds is 15. The molecule has 0 aliphatic rings. The van der Waals surface area contributed by atoms with Crippen molar-refractivity contribution < 1.29 is 34.1 Å². The molecule has 13 nitrogen and oxygen atoms in total. The van der Waals surface area contributed by atoms with Crippen LogP contribution in [0.15, 0.2) is 79.0 Å². The van der Waals surface area contributed by atoms with E-state index in [1.165, 1.54) is 19.2 Å². The van der Waals surface area contributed by atoms with Crippen LogP contribution in [0.4, 0.5) is 9.59 Å². The summed E-state index contributed by atoms with van der Waals surface area (Å²) in [6.07, 6.45) is -1.31. The normalized spacial score (nSPS) is 13.9. The number of nitrogens with zero attached hydrogens (tertiary/aromatic N) is 3. The van der Waals surface area contributed by atoms with Gasteiger partial charge in [0.1, 0.15) is 12.1 Å². The monoisotopic (exact) mass is 690 g/mol. The second-order valence-electron chi connectivity index (χ2n) is 13.7. The Balaban J connectivity index is 1.95. The number of ether oxygens (including phenoxy) is 1. The van der Waals surface area contributed by atoms with Gasteiger partial charge in [-0.15, -0.1) is 0 Å². The maximum Gasteiger partial charge on any atom is 0.407 e. The number of carboxylic acid groups (broad SMARTS) is 1. The van der Waals surface area contributed by atoms with Crippen LogP contribution < -0.4 is 16.1 Å². The number of aliphatic hydroxyl groups is 1. The van der Waals surface area contributed by atoms with E-state index in [9.17, 15) is 29.4 Å². The third-order valence-corrected chi connectivity index (χ3v) is 8.25. The van der Waals surface area contributed by atoms with E-state index in [0.717, 1.165) is 27.3 Å². The Bertz CT molecular complexity index is 1550. The minimum atomic E-state index is -1.25. The number of carbonyl (C=O) groups is 4. The number of benzene rings is 2. The van der Waals surface area contributed by atoms with Crippen molar-refractivity contribution in [2.24, 2.45) is 11.3 Å². The molecule has 3 rings (SSSR count). The second-order valence-corrected chi connectivity index (χ2v) is 13.7. The van der Waals surface area contributed by atoms with Gasteiger partial charge in [0, 0.05) is 31.9 Å². The standard InChI is InChI=1S/C37H50N6O7/c1-24(2)31(42(6)36(48)49)33(45)41-43(22-26-16-18-27(19-17-26)28-15-11-12-20-38-28)23-30(44)29(21-25-13-9-8-10-14-25)39-34(46)32(37(3,4)5)40-35(47)50-7/h8-20,24,29-32,44H,21-23H2,1-7H3,(H,39,46)(H,40,47)(H,41,45)(H,48,49)/t29-,30-,31-,32+/m0/s1. The number of amides is 4. The molecule has 1 heterocycles. The van der Waals surface area contributed by atoms with Gasteiger partial charge >= 0.3 is 12.2 Å². The topological polar surface area (TPSA) is 173 Å². The summed E-state index contributed by atoms with van der Waals surface area (Å²) in [5.41, 5.74) is 5.47. The minimum Gasteiger partial charge on any atom is -0.465 e. The van der Waals surface area contributed by atoms with Gasteiger partial charge in [0.15, 0.2) is 0 Å². The highest BCUT2D eigenvalue weighted by Gasteiger charge is 2.36. The first-order chi connectivity index (χ1) is 23.6. The third kappa shape index (κ3) is 11.6. The third-order valence-electron chi connectivity index (χ3n) is 8.25. The average Bonchev–Trinajstić information content (AvgIpc) is 3.07. The molecular formula is C37H50N6O7. The van der Waals surface area contributed by atoms with E-state index in [-0.39, 0.29) is 25.4 Å². The zero-order valence-corrected chi connectivity index (χ0v) is 29.8. The number of carbonyl (C=O) groups excluding carboxylic acids is 3. The number of pyridine rings is 1. The predicted molar refractivity (Wildman–Crippen MR) is 190 cm³/mol. The van der Waals surface area contributed by atoms with E-state index in [2.05, 4.69) is 21.0 Å². The van der Waals surface area contributed by atoms with Crippen molar-refractivity contribution in [3.63, 3.8) is 0 Å². The Morgan fingerprint density at radius 1 is 0.880 bits per heavy atom. The highest BCUT2D eigenvalue weighted by molar-refractivity contribution is 5.87. The summed E-state index contributed by atoms with van der Waals surface area (Å²) in [7, 11) is 2.55. The maximum absolute atomic E-state index is 13.7. The molecule has 13 heteroatoms. The van der Waals surface area contributed by atoms with Crippen LogP contribution in [0.3, 0.4) is 0 Å². The van der Waals surface area contributed by atoms with Crippen molar-refractivity contribution in [1.82, 2.24) is 31.0 Å². The van der Waals surface area contributed by atoms with Gasteiger partial charge in [0.05, 0.1) is 24.9 Å². The van der Waals surface area contributed by atoms with E-state index in [4.69, 9.17) is 4.74 Å². The van der Waals surface area contributed by atoms with Crippen LogP contribution in [-0.4, -0.2) is 94.0 Å². The summed E-state index contributed by atoms with van der Waals surface area (Å²) >= 11 is 0. The lowest BCUT2D eigenvalue weighted by Crippen LogP contribution is -2.60. The van der Waals surface area contributed by atoms with Gasteiger partial charge in [-0.2, -0.15) is 0 Å². The lowest BCUT2D eigenvalue weighted by atomic mass is 9.85. The van der Waals surface area contributed by atoms with E-state index in [1.54, 1.807) is 40.8 Å². The lowest BCUT2D eigenvalue weighted by Gasteiger charge is -2.35. The van der Waals surface area contributed by atoms with Crippen LogP contribution in [0.2, 0.25) is 0 Å². The second kappa shape index (κ2) is 18.1. The van der Waals surface area contributed by atoms with Crippen molar-refractivity contribution in [3.05, 3.63) is 90.1 Å². The molecule has 0 aliphatic carbocycles. The molecule has 4 atom stereocenters. The number of hydrazine groups is 1. The van der Waals surface area contributed by atoms with Gasteiger partial charge < -0.3 is 25.6 Å². The van der Waals surface area contributed by atoms with Gasteiger partial charge in [0.2, 0.25) is 5.91 Å². The van der Waals surface area contributed by atoms with Crippen LogP contribution in [0.1, 0.15) is 45.7 Å². The Morgan fingerprint density at radius 2 is 1.52 bits per heavy atom. The Morgan fingerprint density at radius 3 is 2.06 bits per heavy atom. The molecule has 0 unspecified atom stereocenters. The van der Waals surface area contributed by atoms with E-state index >= 15 is 0 Å². The zero-order chi connectivity index (χ0) is 37.0. The molecule has 0 saturated carbocycles. The quantitative estimate of drug-likeness (QED) is 0.147. The molecule has 1 aromatic heterocycles. The molecule has 2 aromatic carbocycles. The maximum atomic E-state index is 13.7. The van der Waals surface area contributed by atoms with Gasteiger partial charge in [-0.3, -0.25) is 24.9 Å². The minimum absolute atomic E-state index is 0.141. The first kappa shape index (κ1) is 39.4. The van der Waals surface area contributed by atoms with E-state index < -0.39 is 53.6 Å². The van der Waals surface area contributed by atoms with Crippen molar-refractivity contribution in [3.8, 4) is 11.3 Å². The first-order valence-electron chi connectivity index (χ1n) is 16.5. The number of hydrogen-bond donors (Lipinski definition) is 5. The van der Waals surface area contributed by atoms with E-state index in [0.29, 0.717) is 0 Å². The van der Waals surface area contributed by atoms with Gasteiger partial charge in [0.25, 0.3) is 5.91 Å². The fourth-order valence-corrected chi connectivity index (χ4v) is 5.57. The molecular weight excluding hydrogens is 640 g/mol. The summed E-state index contributed by atoms with van der Waals surface area (Å²) in [5, 5.41) is 28.5. The molecule has 50 heavy (non-hydrogen) atoms. The number of methoxy groups -OCH3 is 1. The van der Waals surface area contributed by atoms with Crippen molar-refractivity contribution >= 4 is 24.0 Å². The zero-order valence-electron chi connectivity index (χ0n) is 29.8. The number of aliphatic hydroxyl groups excluding tert-OH is 1. The SMILES string of the molecule is COC(=O)N[C@H](C(=O)N[C@@H](Cc1ccccc1)[C@@H](O)CN(Cc1ccc(-c2ccccn2)cc1)NC(=O)[C@H](C(C)C)N(C)C(=O)O)C(C)(C)C. The van der Waals surface area contributed by atoms with Crippen molar-refractivity contribution in [2.75, 3.05) is 20.7 Å². The fraction of sp³-hybridized carbons (Fsp3) is 0.432. The molecule has 5 N–H and O–H groups in total. The molecule has 4 amide bonds. The number of alkyl carbamates (subject to hydrolysis) is 1. The molecule has 0 spiro atoms. The Kier molecular flexibility index (Phi) is 14.3. The van der Waals surface area contributed by atoms with E-state index in [1.807, 2.05) is 72.8 Å². The van der Waals surface area contributed by atoms with Gasteiger partial charge in [-0.25, -0.2) is 14.6 Å². The molecule has 270 valence electrons. The summed E-state index contributed by atoms with van der Waals surface area (Å²) in [5.74, 6) is -1.45. The van der Waals surface area contributed by atoms with Gasteiger partial charge in [-0.1, -0.05) is 95.3 Å². The van der Waals surface area contributed by atoms with Crippen LogP contribution >= 0.6 is 0 Å².